The summed E-state index contributed by atoms with van der Waals surface area (Å²) < 4.78 is 5.10. The summed E-state index contributed by atoms with van der Waals surface area (Å²) in [7, 11) is 1.61. The van der Waals surface area contributed by atoms with Crippen molar-refractivity contribution >= 4 is 24.0 Å². The van der Waals surface area contributed by atoms with Crippen LogP contribution in [-0.4, -0.2) is 42.8 Å². The van der Waals surface area contributed by atoms with Crippen molar-refractivity contribution in [2.75, 3.05) is 13.7 Å². The summed E-state index contributed by atoms with van der Waals surface area (Å²) >= 11 is 0. The minimum atomic E-state index is -1.01. The van der Waals surface area contributed by atoms with Crippen LogP contribution in [0, 0.1) is 0 Å². The molecule has 0 saturated heterocycles. The topological polar surface area (TPSA) is 117 Å². The third-order valence-electron chi connectivity index (χ3n) is 4.03. The van der Waals surface area contributed by atoms with E-state index in [9.17, 15) is 14.4 Å². The number of methoxy groups -OCH3 is 1. The Morgan fingerprint density at radius 3 is 2.34 bits per heavy atom. The molecule has 8 nitrogen and oxygen atoms in total. The van der Waals surface area contributed by atoms with E-state index in [0.717, 1.165) is 17.7 Å². The van der Waals surface area contributed by atoms with Crippen LogP contribution in [0.3, 0.4) is 0 Å². The molecule has 3 N–H and O–H groups in total. The first-order valence-electron chi connectivity index (χ1n) is 9.03. The standard InChI is InChI=1S/C21H23N3O5/c1-29-18-11-7-15(8-12-18)3-2-4-19(25)22-14-20(26)24-23-13-16-5-9-17(10-6-16)21(27)28/h5-13H,2-4,14H2,1H3,(H,22,25)(H,24,26)(H,27,28). The Morgan fingerprint density at radius 1 is 1.03 bits per heavy atom. The number of hydrazone groups is 1. The first-order chi connectivity index (χ1) is 14.0. The minimum Gasteiger partial charge on any atom is -0.497 e. The normalized spacial score (nSPS) is 10.5. The molecule has 0 aliphatic carbocycles. The fourth-order valence-corrected chi connectivity index (χ4v) is 2.44. The van der Waals surface area contributed by atoms with E-state index in [1.54, 1.807) is 19.2 Å². The Balaban J connectivity index is 1.63. The van der Waals surface area contributed by atoms with Gasteiger partial charge in [-0.2, -0.15) is 5.10 Å². The molecule has 152 valence electrons. The first-order valence-corrected chi connectivity index (χ1v) is 9.03. The Morgan fingerprint density at radius 2 is 1.72 bits per heavy atom. The van der Waals surface area contributed by atoms with Gasteiger partial charge in [-0.3, -0.25) is 9.59 Å². The van der Waals surface area contributed by atoms with Gasteiger partial charge in [-0.15, -0.1) is 0 Å². The van der Waals surface area contributed by atoms with E-state index in [1.165, 1.54) is 18.3 Å². The summed E-state index contributed by atoms with van der Waals surface area (Å²) in [5.41, 5.74) is 4.22. The van der Waals surface area contributed by atoms with Gasteiger partial charge in [0.15, 0.2) is 0 Å². The predicted molar refractivity (Wildman–Crippen MR) is 108 cm³/mol. The molecule has 0 aromatic heterocycles. The number of hydrogen-bond donors (Lipinski definition) is 3. The molecule has 0 atom stereocenters. The zero-order valence-electron chi connectivity index (χ0n) is 16.1. The Hall–Kier alpha value is -3.68. The van der Waals surface area contributed by atoms with Gasteiger partial charge in [-0.1, -0.05) is 24.3 Å². The van der Waals surface area contributed by atoms with E-state index < -0.39 is 11.9 Å². The number of amides is 2. The molecule has 0 radical (unpaired) electrons. The highest BCUT2D eigenvalue weighted by Crippen LogP contribution is 2.13. The van der Waals surface area contributed by atoms with Gasteiger partial charge in [0.05, 0.1) is 25.4 Å². The quantitative estimate of drug-likeness (QED) is 0.419. The number of nitrogens with one attached hydrogen (secondary N) is 2. The zero-order valence-corrected chi connectivity index (χ0v) is 16.1. The van der Waals surface area contributed by atoms with Crippen LogP contribution in [0.2, 0.25) is 0 Å². The van der Waals surface area contributed by atoms with Crippen molar-refractivity contribution in [1.29, 1.82) is 0 Å². The fraction of sp³-hybridized carbons (Fsp3) is 0.238. The lowest BCUT2D eigenvalue weighted by Gasteiger charge is -2.05. The number of rotatable bonds is 10. The molecule has 0 aliphatic heterocycles. The molecular formula is C21H23N3O5. The average Bonchev–Trinajstić information content (AvgIpc) is 2.73. The highest BCUT2D eigenvalue weighted by Gasteiger charge is 2.05. The summed E-state index contributed by atoms with van der Waals surface area (Å²) in [5, 5.41) is 15.2. The summed E-state index contributed by atoms with van der Waals surface area (Å²) in [5.74, 6) is -0.882. The number of nitrogens with zero attached hydrogens (tertiary/aromatic N) is 1. The van der Waals surface area contributed by atoms with Gasteiger partial charge in [-0.25, -0.2) is 10.2 Å². The van der Waals surface area contributed by atoms with Gasteiger partial charge in [0, 0.05) is 6.42 Å². The highest BCUT2D eigenvalue weighted by atomic mass is 16.5. The van der Waals surface area contributed by atoms with Crippen molar-refractivity contribution in [2.45, 2.75) is 19.3 Å². The number of carbonyl (C=O) groups excluding carboxylic acids is 2. The number of aromatic carboxylic acids is 1. The van der Waals surface area contributed by atoms with E-state index in [4.69, 9.17) is 9.84 Å². The third kappa shape index (κ3) is 7.84. The molecule has 0 spiro atoms. The number of carboxylic acids is 1. The molecule has 0 unspecified atom stereocenters. The maximum atomic E-state index is 11.8. The summed E-state index contributed by atoms with van der Waals surface area (Å²) in [4.78, 5) is 34.3. The van der Waals surface area contributed by atoms with Crippen molar-refractivity contribution < 1.29 is 24.2 Å². The molecular weight excluding hydrogens is 374 g/mol. The van der Waals surface area contributed by atoms with E-state index >= 15 is 0 Å². The van der Waals surface area contributed by atoms with Gasteiger partial charge in [0.25, 0.3) is 5.91 Å². The Kier molecular flexibility index (Phi) is 8.37. The third-order valence-corrected chi connectivity index (χ3v) is 4.03. The van der Waals surface area contributed by atoms with E-state index in [2.05, 4.69) is 15.8 Å². The van der Waals surface area contributed by atoms with Crippen LogP contribution in [0.1, 0.15) is 34.3 Å². The lowest BCUT2D eigenvalue weighted by molar-refractivity contribution is -0.126. The van der Waals surface area contributed by atoms with Gasteiger partial charge in [0.2, 0.25) is 5.91 Å². The number of ether oxygens (including phenoxy) is 1. The van der Waals surface area contributed by atoms with Crippen molar-refractivity contribution in [1.82, 2.24) is 10.7 Å². The van der Waals surface area contributed by atoms with E-state index in [1.807, 2.05) is 24.3 Å². The summed E-state index contributed by atoms with van der Waals surface area (Å²) in [6, 6.07) is 13.7. The number of carboxylic acid groups (broad SMARTS) is 1. The number of benzene rings is 2. The number of hydrogen-bond acceptors (Lipinski definition) is 5. The predicted octanol–water partition coefficient (Wildman–Crippen LogP) is 1.98. The lowest BCUT2D eigenvalue weighted by Crippen LogP contribution is -2.34. The molecule has 0 heterocycles. The van der Waals surface area contributed by atoms with Crippen molar-refractivity contribution in [2.24, 2.45) is 5.10 Å². The molecule has 0 saturated carbocycles. The molecule has 0 aliphatic rings. The largest absolute Gasteiger partial charge is 0.497 e. The Bertz CT molecular complexity index is 861. The van der Waals surface area contributed by atoms with Gasteiger partial charge < -0.3 is 15.2 Å². The lowest BCUT2D eigenvalue weighted by atomic mass is 10.1. The first kappa shape index (κ1) is 21.6. The molecule has 2 aromatic carbocycles. The van der Waals surface area contributed by atoms with E-state index in [0.29, 0.717) is 18.4 Å². The van der Waals surface area contributed by atoms with Gasteiger partial charge >= 0.3 is 5.97 Å². The van der Waals surface area contributed by atoms with Crippen LogP contribution < -0.4 is 15.5 Å². The average molecular weight is 397 g/mol. The molecule has 0 fully saturated rings. The molecule has 2 amide bonds. The van der Waals surface area contributed by atoms with Crippen LogP contribution in [0.15, 0.2) is 53.6 Å². The maximum Gasteiger partial charge on any atom is 0.335 e. The van der Waals surface area contributed by atoms with Gasteiger partial charge in [0.1, 0.15) is 5.75 Å². The summed E-state index contributed by atoms with van der Waals surface area (Å²) in [6.45, 7) is -0.170. The molecule has 2 rings (SSSR count). The van der Waals surface area contributed by atoms with Crippen LogP contribution in [0.5, 0.6) is 5.75 Å². The monoisotopic (exact) mass is 397 g/mol. The molecule has 8 heteroatoms. The number of aryl methyl sites for hydroxylation is 1. The smallest absolute Gasteiger partial charge is 0.335 e. The molecule has 0 bridgehead atoms. The molecule has 29 heavy (non-hydrogen) atoms. The van der Waals surface area contributed by atoms with Crippen LogP contribution in [0.4, 0.5) is 0 Å². The zero-order chi connectivity index (χ0) is 21.1. The van der Waals surface area contributed by atoms with Crippen molar-refractivity contribution in [3.05, 3.63) is 65.2 Å². The highest BCUT2D eigenvalue weighted by molar-refractivity contribution is 5.89. The van der Waals surface area contributed by atoms with Crippen molar-refractivity contribution in [3.63, 3.8) is 0 Å². The SMILES string of the molecule is COc1ccc(CCCC(=O)NCC(=O)NN=Cc2ccc(C(=O)O)cc2)cc1. The second-order valence-corrected chi connectivity index (χ2v) is 6.20. The van der Waals surface area contributed by atoms with E-state index in [-0.39, 0.29) is 18.0 Å². The van der Waals surface area contributed by atoms with Crippen LogP contribution in [-0.2, 0) is 16.0 Å². The summed E-state index contributed by atoms with van der Waals surface area (Å²) in [6.07, 6.45) is 3.14. The fourth-order valence-electron chi connectivity index (χ4n) is 2.44. The second-order valence-electron chi connectivity index (χ2n) is 6.20. The maximum absolute atomic E-state index is 11.8. The second kappa shape index (κ2) is 11.2. The Labute approximate surface area is 168 Å². The van der Waals surface area contributed by atoms with Gasteiger partial charge in [-0.05, 0) is 48.2 Å². The molecule has 2 aromatic rings. The minimum absolute atomic E-state index is 0.167. The number of carbonyl (C=O) groups is 3. The van der Waals surface area contributed by atoms with Crippen molar-refractivity contribution in [3.8, 4) is 5.75 Å². The van der Waals surface area contributed by atoms with Crippen LogP contribution in [0.25, 0.3) is 0 Å². The van der Waals surface area contributed by atoms with Crippen LogP contribution >= 0.6 is 0 Å².